The minimum atomic E-state index is -4.83. The molecule has 0 radical (unpaired) electrons. The molecule has 2 aromatic rings. The number of aromatic nitrogens is 3. The number of halogens is 3. The minimum absolute atomic E-state index is 0.0850. The summed E-state index contributed by atoms with van der Waals surface area (Å²) < 4.78 is 63.5. The van der Waals surface area contributed by atoms with Crippen LogP contribution in [0, 0.1) is 0 Å². The zero-order valence-corrected chi connectivity index (χ0v) is 15.0. The number of alkyl halides is 3. The van der Waals surface area contributed by atoms with Gasteiger partial charge in [-0.2, -0.15) is 18.3 Å². The second-order valence-corrected chi connectivity index (χ2v) is 7.68. The number of rotatable bonds is 6. The number of hydrogen-bond donors (Lipinski definition) is 1. The number of hydrogen-bond acceptors (Lipinski definition) is 6. The highest BCUT2D eigenvalue weighted by Gasteiger charge is 2.39. The van der Waals surface area contributed by atoms with Crippen LogP contribution >= 0.6 is 0 Å². The van der Waals surface area contributed by atoms with E-state index < -0.39 is 27.3 Å². The minimum Gasteiger partial charge on any atom is -0.367 e. The SMILES string of the molecule is CCC(C)Nc1c(C=O)c(C(F)(F)F)nn1-c1ccc(S(C)(=O)=O)nc1. The van der Waals surface area contributed by atoms with E-state index >= 15 is 0 Å². The normalized spacial score (nSPS) is 13.5. The maximum Gasteiger partial charge on any atom is 0.435 e. The first-order valence-electron chi connectivity index (χ1n) is 7.57. The van der Waals surface area contributed by atoms with Gasteiger partial charge >= 0.3 is 6.18 Å². The Bertz CT molecular complexity index is 905. The summed E-state index contributed by atoms with van der Waals surface area (Å²) >= 11 is 0. The molecular formula is C15H17F3N4O3S. The average molecular weight is 390 g/mol. The summed E-state index contributed by atoms with van der Waals surface area (Å²) in [5, 5.41) is 6.12. The lowest BCUT2D eigenvalue weighted by Gasteiger charge is -2.15. The maximum atomic E-state index is 13.2. The molecule has 0 amide bonds. The van der Waals surface area contributed by atoms with Gasteiger partial charge in [0.2, 0.25) is 0 Å². The Morgan fingerprint density at radius 1 is 1.35 bits per heavy atom. The van der Waals surface area contributed by atoms with Crippen LogP contribution in [0.4, 0.5) is 19.0 Å². The molecule has 0 aliphatic rings. The first kappa shape index (κ1) is 19.9. The highest BCUT2D eigenvalue weighted by Crippen LogP contribution is 2.35. The van der Waals surface area contributed by atoms with E-state index in [2.05, 4.69) is 15.4 Å². The summed E-state index contributed by atoms with van der Waals surface area (Å²) in [6, 6.07) is 2.20. The van der Waals surface area contributed by atoms with Gasteiger partial charge in [-0.3, -0.25) is 4.79 Å². The van der Waals surface area contributed by atoms with E-state index in [4.69, 9.17) is 0 Å². The summed E-state index contributed by atoms with van der Waals surface area (Å²) in [5.74, 6) is -0.129. The molecule has 0 aromatic carbocycles. The molecule has 142 valence electrons. The lowest BCUT2D eigenvalue weighted by molar-refractivity contribution is -0.141. The van der Waals surface area contributed by atoms with E-state index in [9.17, 15) is 26.4 Å². The summed E-state index contributed by atoms with van der Waals surface area (Å²) in [7, 11) is -3.56. The fourth-order valence-corrected chi connectivity index (χ4v) is 2.69. The number of anilines is 1. The molecule has 26 heavy (non-hydrogen) atoms. The maximum absolute atomic E-state index is 13.2. The molecule has 0 aliphatic heterocycles. The summed E-state index contributed by atoms with van der Waals surface area (Å²) in [5.41, 5.74) is -1.86. The number of carbonyl (C=O) groups excluding carboxylic acids is 1. The first-order chi connectivity index (χ1) is 12.0. The smallest absolute Gasteiger partial charge is 0.367 e. The van der Waals surface area contributed by atoms with Crippen molar-refractivity contribution in [2.24, 2.45) is 0 Å². The Morgan fingerprint density at radius 3 is 2.42 bits per heavy atom. The number of nitrogens with zero attached hydrogens (tertiary/aromatic N) is 3. The highest BCUT2D eigenvalue weighted by molar-refractivity contribution is 7.90. The molecule has 1 atom stereocenters. The number of aldehydes is 1. The number of nitrogens with one attached hydrogen (secondary N) is 1. The summed E-state index contributed by atoms with van der Waals surface area (Å²) in [6.45, 7) is 3.57. The second-order valence-electron chi connectivity index (χ2n) is 5.72. The van der Waals surface area contributed by atoms with Crippen LogP contribution in [0.3, 0.4) is 0 Å². The third kappa shape index (κ3) is 4.03. The van der Waals surface area contributed by atoms with Crippen LogP contribution in [0.2, 0.25) is 0 Å². The topological polar surface area (TPSA) is 94.0 Å². The lowest BCUT2D eigenvalue weighted by atomic mass is 10.2. The van der Waals surface area contributed by atoms with E-state index in [0.717, 1.165) is 23.2 Å². The average Bonchev–Trinajstić information content (AvgIpc) is 2.92. The van der Waals surface area contributed by atoms with Crippen molar-refractivity contribution in [3.8, 4) is 5.69 Å². The van der Waals surface area contributed by atoms with Crippen LogP contribution in [0.25, 0.3) is 5.69 Å². The molecular weight excluding hydrogens is 373 g/mol. The summed E-state index contributed by atoms with van der Waals surface area (Å²) in [6.07, 6.45) is -2.09. The number of carbonyl (C=O) groups is 1. The standard InChI is InChI=1S/C15H17F3N4O3S/c1-4-9(2)20-14-11(8-23)13(15(16,17)18)21-22(14)10-5-6-12(19-7-10)26(3,24)25/h5-9,20H,4H2,1-3H3. The molecule has 0 bridgehead atoms. The Balaban J connectivity index is 2.66. The Labute approximate surface area is 148 Å². The van der Waals surface area contributed by atoms with Gasteiger partial charge < -0.3 is 5.32 Å². The molecule has 0 spiro atoms. The van der Waals surface area contributed by atoms with Crippen LogP contribution in [-0.2, 0) is 16.0 Å². The van der Waals surface area contributed by atoms with Gasteiger partial charge in [-0.15, -0.1) is 0 Å². The van der Waals surface area contributed by atoms with Crippen LogP contribution < -0.4 is 5.32 Å². The lowest BCUT2D eigenvalue weighted by Crippen LogP contribution is -2.17. The van der Waals surface area contributed by atoms with Gasteiger partial charge in [0, 0.05) is 12.3 Å². The van der Waals surface area contributed by atoms with Crippen molar-refractivity contribution in [1.82, 2.24) is 14.8 Å². The number of sulfone groups is 1. The highest BCUT2D eigenvalue weighted by atomic mass is 32.2. The Hall–Kier alpha value is -2.43. The van der Waals surface area contributed by atoms with Crippen molar-refractivity contribution in [1.29, 1.82) is 0 Å². The second kappa shape index (κ2) is 7.06. The predicted molar refractivity (Wildman–Crippen MR) is 88.2 cm³/mol. The first-order valence-corrected chi connectivity index (χ1v) is 9.46. The quantitative estimate of drug-likeness (QED) is 0.763. The van der Waals surface area contributed by atoms with Crippen LogP contribution in [0.5, 0.6) is 0 Å². The van der Waals surface area contributed by atoms with Crippen molar-refractivity contribution in [3.05, 3.63) is 29.6 Å². The predicted octanol–water partition coefficient (Wildman–Crippen LogP) is 2.71. The van der Waals surface area contributed by atoms with Gasteiger partial charge in [-0.05, 0) is 25.5 Å². The van der Waals surface area contributed by atoms with Crippen molar-refractivity contribution < 1.29 is 26.4 Å². The van der Waals surface area contributed by atoms with Gasteiger partial charge in [0.15, 0.2) is 26.8 Å². The number of pyridine rings is 1. The zero-order chi connectivity index (χ0) is 19.7. The van der Waals surface area contributed by atoms with Crippen LogP contribution in [0.1, 0.15) is 36.3 Å². The van der Waals surface area contributed by atoms with Gasteiger partial charge in [0.25, 0.3) is 0 Å². The van der Waals surface area contributed by atoms with Crippen molar-refractivity contribution in [2.45, 2.75) is 37.5 Å². The zero-order valence-electron chi connectivity index (χ0n) is 14.2. The van der Waals surface area contributed by atoms with Crippen molar-refractivity contribution in [2.75, 3.05) is 11.6 Å². The van der Waals surface area contributed by atoms with E-state index in [1.54, 1.807) is 6.92 Å². The van der Waals surface area contributed by atoms with Gasteiger partial charge in [0.05, 0.1) is 17.4 Å². The van der Waals surface area contributed by atoms with Crippen LogP contribution in [0.15, 0.2) is 23.4 Å². The molecule has 7 nitrogen and oxygen atoms in total. The van der Waals surface area contributed by atoms with E-state index in [-0.39, 0.29) is 28.9 Å². The summed E-state index contributed by atoms with van der Waals surface area (Å²) in [4.78, 5) is 15.1. The Morgan fingerprint density at radius 2 is 2.00 bits per heavy atom. The van der Waals surface area contributed by atoms with E-state index in [1.165, 1.54) is 6.07 Å². The van der Waals surface area contributed by atoms with Crippen molar-refractivity contribution in [3.63, 3.8) is 0 Å². The molecule has 11 heteroatoms. The Kier molecular flexibility index (Phi) is 5.40. The molecule has 0 fully saturated rings. The fourth-order valence-electron chi connectivity index (χ4n) is 2.13. The molecule has 0 saturated carbocycles. The van der Waals surface area contributed by atoms with E-state index in [1.807, 2.05) is 6.92 Å². The molecule has 2 heterocycles. The largest absolute Gasteiger partial charge is 0.435 e. The van der Waals surface area contributed by atoms with Crippen LogP contribution in [-0.4, -0.2) is 41.8 Å². The molecule has 0 aliphatic carbocycles. The fraction of sp³-hybridized carbons (Fsp3) is 0.400. The molecule has 2 rings (SSSR count). The molecule has 1 unspecified atom stereocenters. The molecule has 1 N–H and O–H groups in total. The van der Waals surface area contributed by atoms with Gasteiger partial charge in [0.1, 0.15) is 5.82 Å². The molecule has 0 saturated heterocycles. The van der Waals surface area contributed by atoms with E-state index in [0.29, 0.717) is 6.42 Å². The third-order valence-electron chi connectivity index (χ3n) is 3.65. The third-order valence-corrected chi connectivity index (χ3v) is 4.65. The van der Waals surface area contributed by atoms with Gasteiger partial charge in [-0.1, -0.05) is 6.92 Å². The van der Waals surface area contributed by atoms with Gasteiger partial charge in [-0.25, -0.2) is 18.1 Å². The molecule has 2 aromatic heterocycles. The van der Waals surface area contributed by atoms with Crippen molar-refractivity contribution >= 4 is 21.9 Å². The monoisotopic (exact) mass is 390 g/mol.